The third-order valence-electron chi connectivity index (χ3n) is 6.95. The molecule has 0 spiro atoms. The second-order valence-electron chi connectivity index (χ2n) is 9.35. The van der Waals surface area contributed by atoms with Gasteiger partial charge in [0.15, 0.2) is 5.65 Å². The highest BCUT2D eigenvalue weighted by atomic mass is 19.1. The molecule has 5 rings (SSSR count). The standard InChI is InChI=1S/C24H29F2N7O2/c1-13-10-18(26)19(11-17(13)25)30-24-31-20-12-28-23(29-15-6-8-35-9-7-15)32-22(20)33(24)16-4-2-14(3-5-16)21(27)34/h10-12,14-16H,2-9H2,1H3,(H2,27,34)(H,30,31)(H,28,29,32)/t14-,16+. The van der Waals surface area contributed by atoms with Crippen molar-refractivity contribution in [1.82, 2.24) is 19.5 Å². The molecule has 0 unspecified atom stereocenters. The molecule has 1 saturated carbocycles. The molecule has 0 radical (unpaired) electrons. The second-order valence-corrected chi connectivity index (χ2v) is 9.35. The number of aryl methyl sites for hydroxylation is 1. The summed E-state index contributed by atoms with van der Waals surface area (Å²) < 4.78 is 36.2. The van der Waals surface area contributed by atoms with Gasteiger partial charge in [0.2, 0.25) is 17.8 Å². The average Bonchev–Trinajstić information content (AvgIpc) is 3.20. The van der Waals surface area contributed by atoms with Crippen molar-refractivity contribution in [2.45, 2.75) is 57.5 Å². The molecule has 2 aromatic heterocycles. The summed E-state index contributed by atoms with van der Waals surface area (Å²) >= 11 is 0. The number of benzene rings is 1. The number of halogens is 2. The first kappa shape index (κ1) is 23.4. The molecule has 1 aliphatic carbocycles. The van der Waals surface area contributed by atoms with Crippen LogP contribution in [0, 0.1) is 24.5 Å². The minimum Gasteiger partial charge on any atom is -0.381 e. The number of nitrogens with two attached hydrogens (primary N) is 1. The van der Waals surface area contributed by atoms with Crippen molar-refractivity contribution in [1.29, 1.82) is 0 Å². The Kier molecular flexibility index (Phi) is 6.50. The number of imidazole rings is 1. The van der Waals surface area contributed by atoms with Gasteiger partial charge in [-0.25, -0.2) is 18.7 Å². The van der Waals surface area contributed by atoms with Crippen LogP contribution in [0.5, 0.6) is 0 Å². The number of rotatable bonds is 6. The van der Waals surface area contributed by atoms with Crippen LogP contribution in [-0.2, 0) is 9.53 Å². The number of amides is 1. The highest BCUT2D eigenvalue weighted by molar-refractivity contribution is 5.78. The lowest BCUT2D eigenvalue weighted by Gasteiger charge is -2.29. The van der Waals surface area contributed by atoms with E-state index >= 15 is 0 Å². The van der Waals surface area contributed by atoms with Gasteiger partial charge in [0.05, 0.1) is 11.9 Å². The smallest absolute Gasteiger partial charge is 0.224 e. The first-order valence-corrected chi connectivity index (χ1v) is 12.0. The Balaban J connectivity index is 1.51. The van der Waals surface area contributed by atoms with Crippen LogP contribution in [0.1, 0.15) is 50.1 Å². The molecule has 2 aliphatic rings. The molecule has 186 valence electrons. The molecule has 9 nitrogen and oxygen atoms in total. The van der Waals surface area contributed by atoms with Crippen LogP contribution in [0.3, 0.4) is 0 Å². The number of ether oxygens (including phenoxy) is 1. The van der Waals surface area contributed by atoms with Gasteiger partial charge < -0.3 is 21.1 Å². The van der Waals surface area contributed by atoms with Gasteiger partial charge in [0.25, 0.3) is 0 Å². The Hall–Kier alpha value is -3.34. The molecule has 1 aliphatic heterocycles. The Morgan fingerprint density at radius 2 is 1.83 bits per heavy atom. The summed E-state index contributed by atoms with van der Waals surface area (Å²) in [5, 5.41) is 6.34. The van der Waals surface area contributed by atoms with Crippen molar-refractivity contribution in [3.63, 3.8) is 0 Å². The maximum atomic E-state index is 14.6. The normalized spacial score (nSPS) is 21.2. The Bertz CT molecular complexity index is 1230. The van der Waals surface area contributed by atoms with E-state index in [1.165, 1.54) is 6.92 Å². The summed E-state index contributed by atoms with van der Waals surface area (Å²) in [6.07, 6.45) is 6.02. The van der Waals surface area contributed by atoms with Gasteiger partial charge in [0, 0.05) is 37.3 Å². The van der Waals surface area contributed by atoms with Crippen molar-refractivity contribution >= 4 is 34.7 Å². The van der Waals surface area contributed by atoms with E-state index < -0.39 is 11.6 Å². The lowest BCUT2D eigenvalue weighted by molar-refractivity contribution is -0.122. The molecular formula is C24H29F2N7O2. The molecule has 2 fully saturated rings. The zero-order valence-corrected chi connectivity index (χ0v) is 19.6. The number of primary amides is 1. The van der Waals surface area contributed by atoms with Crippen LogP contribution in [0.15, 0.2) is 18.3 Å². The Labute approximate surface area is 201 Å². The van der Waals surface area contributed by atoms with E-state index in [-0.39, 0.29) is 35.2 Å². The van der Waals surface area contributed by atoms with E-state index in [0.29, 0.717) is 62.0 Å². The highest BCUT2D eigenvalue weighted by Gasteiger charge is 2.29. The molecule has 0 atom stereocenters. The maximum Gasteiger partial charge on any atom is 0.224 e. The quantitative estimate of drug-likeness (QED) is 0.483. The summed E-state index contributed by atoms with van der Waals surface area (Å²) in [5.41, 5.74) is 6.86. The Morgan fingerprint density at radius 3 is 2.54 bits per heavy atom. The van der Waals surface area contributed by atoms with Crippen molar-refractivity contribution in [3.8, 4) is 0 Å². The summed E-state index contributed by atoms with van der Waals surface area (Å²) in [4.78, 5) is 25.5. The van der Waals surface area contributed by atoms with Crippen LogP contribution in [0.2, 0.25) is 0 Å². The fraction of sp³-hybridized carbons (Fsp3) is 0.500. The number of aromatic nitrogens is 4. The number of fused-ring (bicyclic) bond motifs is 1. The van der Waals surface area contributed by atoms with E-state index in [1.54, 1.807) is 6.20 Å². The van der Waals surface area contributed by atoms with Crippen molar-refractivity contribution < 1.29 is 18.3 Å². The van der Waals surface area contributed by atoms with Crippen LogP contribution in [-0.4, -0.2) is 44.7 Å². The fourth-order valence-electron chi connectivity index (χ4n) is 4.90. The molecule has 1 amide bonds. The zero-order chi connectivity index (χ0) is 24.5. The topological polar surface area (TPSA) is 120 Å². The number of carbonyl (C=O) groups is 1. The summed E-state index contributed by atoms with van der Waals surface area (Å²) in [7, 11) is 0. The van der Waals surface area contributed by atoms with Crippen molar-refractivity contribution in [2.24, 2.45) is 11.7 Å². The largest absolute Gasteiger partial charge is 0.381 e. The molecule has 3 heterocycles. The second kappa shape index (κ2) is 9.73. The SMILES string of the molecule is Cc1cc(F)c(Nc2nc3cnc(NC4CCOCC4)nc3n2[C@H]2CC[C@@H](C(N)=O)CC2)cc1F. The van der Waals surface area contributed by atoms with Crippen molar-refractivity contribution in [3.05, 3.63) is 35.5 Å². The molecule has 11 heteroatoms. The minimum absolute atomic E-state index is 0.0102. The lowest BCUT2D eigenvalue weighted by Crippen LogP contribution is -2.29. The highest BCUT2D eigenvalue weighted by Crippen LogP contribution is 2.37. The monoisotopic (exact) mass is 485 g/mol. The fourth-order valence-corrected chi connectivity index (χ4v) is 4.90. The molecule has 3 aromatic rings. The predicted octanol–water partition coefficient (Wildman–Crippen LogP) is 3.96. The summed E-state index contributed by atoms with van der Waals surface area (Å²) in [6.45, 7) is 2.89. The van der Waals surface area contributed by atoms with Gasteiger partial charge in [0.1, 0.15) is 17.2 Å². The lowest BCUT2D eigenvalue weighted by atomic mass is 9.85. The molecule has 35 heavy (non-hydrogen) atoms. The Morgan fingerprint density at radius 1 is 1.09 bits per heavy atom. The first-order valence-electron chi connectivity index (χ1n) is 12.0. The predicted molar refractivity (Wildman–Crippen MR) is 127 cm³/mol. The van der Waals surface area contributed by atoms with E-state index in [9.17, 15) is 13.6 Å². The van der Waals surface area contributed by atoms with Crippen LogP contribution in [0.4, 0.5) is 26.4 Å². The van der Waals surface area contributed by atoms with Gasteiger partial charge in [-0.3, -0.25) is 9.36 Å². The molecule has 1 saturated heterocycles. The van der Waals surface area contributed by atoms with Gasteiger partial charge in [-0.05, 0) is 57.1 Å². The number of nitrogens with one attached hydrogen (secondary N) is 2. The van der Waals surface area contributed by atoms with Crippen molar-refractivity contribution in [2.75, 3.05) is 23.8 Å². The maximum absolute atomic E-state index is 14.6. The van der Waals surface area contributed by atoms with Crippen LogP contribution in [0.25, 0.3) is 11.2 Å². The average molecular weight is 486 g/mol. The van der Waals surface area contributed by atoms with Gasteiger partial charge >= 0.3 is 0 Å². The van der Waals surface area contributed by atoms with Gasteiger partial charge in [-0.15, -0.1) is 0 Å². The number of hydrogen-bond donors (Lipinski definition) is 3. The number of hydrogen-bond acceptors (Lipinski definition) is 7. The summed E-state index contributed by atoms with van der Waals surface area (Å²) in [5.74, 6) is -0.715. The van der Waals surface area contributed by atoms with Crippen LogP contribution < -0.4 is 16.4 Å². The van der Waals surface area contributed by atoms with Gasteiger partial charge in [-0.1, -0.05) is 0 Å². The number of carbonyl (C=O) groups excluding carboxylic acids is 1. The third kappa shape index (κ3) is 4.90. The number of anilines is 3. The van der Waals surface area contributed by atoms with E-state index in [2.05, 4.69) is 20.6 Å². The summed E-state index contributed by atoms with van der Waals surface area (Å²) in [6, 6.07) is 2.45. The van der Waals surface area contributed by atoms with Crippen LogP contribution >= 0.6 is 0 Å². The van der Waals surface area contributed by atoms with E-state index in [0.717, 1.165) is 25.0 Å². The third-order valence-corrected chi connectivity index (χ3v) is 6.95. The molecular weight excluding hydrogens is 456 g/mol. The molecule has 0 bridgehead atoms. The number of nitrogens with zero attached hydrogens (tertiary/aromatic N) is 4. The van der Waals surface area contributed by atoms with E-state index in [1.807, 2.05) is 4.57 Å². The van der Waals surface area contributed by atoms with E-state index in [4.69, 9.17) is 15.5 Å². The first-order chi connectivity index (χ1) is 16.9. The molecule has 4 N–H and O–H groups in total. The zero-order valence-electron chi connectivity index (χ0n) is 19.6. The van der Waals surface area contributed by atoms with Gasteiger partial charge in [-0.2, -0.15) is 4.98 Å². The molecule has 1 aromatic carbocycles. The minimum atomic E-state index is -0.576.